The molecule has 1 fully saturated rings. The molecule has 0 spiro atoms. The van der Waals surface area contributed by atoms with Crippen molar-refractivity contribution >= 4 is 27.5 Å². The minimum absolute atomic E-state index is 0.0669. The number of ether oxygens (including phenoxy) is 1. The SMILES string of the molecule is CN(CCC(=O)N1CCO[C@@H](c2ccc(Cl)cc2)C1)S(C)(=O)=O. The van der Waals surface area contributed by atoms with Crippen LogP contribution in [0.1, 0.15) is 18.1 Å². The Balaban J connectivity index is 1.92. The minimum atomic E-state index is -3.26. The molecule has 1 atom stereocenters. The molecule has 0 aromatic heterocycles. The van der Waals surface area contributed by atoms with Gasteiger partial charge >= 0.3 is 0 Å². The predicted molar refractivity (Wildman–Crippen MR) is 88.8 cm³/mol. The van der Waals surface area contributed by atoms with Gasteiger partial charge in [-0.1, -0.05) is 23.7 Å². The Bertz CT molecular complexity index is 648. The number of morpholine rings is 1. The average Bonchev–Trinajstić information content (AvgIpc) is 2.52. The molecule has 1 saturated heterocycles. The number of hydrogen-bond acceptors (Lipinski definition) is 4. The molecular weight excluding hydrogens is 340 g/mol. The molecule has 6 nitrogen and oxygen atoms in total. The van der Waals surface area contributed by atoms with Gasteiger partial charge in [0.05, 0.1) is 19.4 Å². The van der Waals surface area contributed by atoms with E-state index in [1.54, 1.807) is 17.0 Å². The Kier molecular flexibility index (Phi) is 6.02. The molecule has 0 saturated carbocycles. The van der Waals surface area contributed by atoms with Crippen LogP contribution >= 0.6 is 11.6 Å². The number of carbonyl (C=O) groups is 1. The van der Waals surface area contributed by atoms with Crippen LogP contribution in [-0.2, 0) is 19.6 Å². The number of sulfonamides is 1. The van der Waals surface area contributed by atoms with Crippen LogP contribution in [0.5, 0.6) is 0 Å². The van der Waals surface area contributed by atoms with Gasteiger partial charge in [-0.25, -0.2) is 12.7 Å². The summed E-state index contributed by atoms with van der Waals surface area (Å²) in [5.74, 6) is -0.0669. The zero-order valence-corrected chi connectivity index (χ0v) is 14.8. The second-order valence-electron chi connectivity index (χ2n) is 5.59. The molecule has 2 rings (SSSR count). The molecule has 0 unspecified atom stereocenters. The highest BCUT2D eigenvalue weighted by Crippen LogP contribution is 2.24. The zero-order chi connectivity index (χ0) is 17.0. The second-order valence-corrected chi connectivity index (χ2v) is 8.11. The predicted octanol–water partition coefficient (Wildman–Crippen LogP) is 1.52. The van der Waals surface area contributed by atoms with Gasteiger partial charge in [-0.2, -0.15) is 0 Å². The second kappa shape index (κ2) is 7.61. The van der Waals surface area contributed by atoms with Gasteiger partial charge in [0.15, 0.2) is 0 Å². The van der Waals surface area contributed by atoms with Crippen LogP contribution in [0.4, 0.5) is 0 Å². The highest BCUT2D eigenvalue weighted by molar-refractivity contribution is 7.88. The van der Waals surface area contributed by atoms with Crippen molar-refractivity contribution in [2.24, 2.45) is 0 Å². The van der Waals surface area contributed by atoms with Gasteiger partial charge in [-0.15, -0.1) is 0 Å². The summed E-state index contributed by atoms with van der Waals surface area (Å²) >= 11 is 5.88. The first-order chi connectivity index (χ1) is 10.8. The third-order valence-electron chi connectivity index (χ3n) is 3.87. The first-order valence-electron chi connectivity index (χ1n) is 7.33. The molecule has 1 aliphatic heterocycles. The number of benzene rings is 1. The summed E-state index contributed by atoms with van der Waals surface area (Å²) in [7, 11) is -1.79. The molecule has 8 heteroatoms. The van der Waals surface area contributed by atoms with Gasteiger partial charge in [0.2, 0.25) is 15.9 Å². The van der Waals surface area contributed by atoms with Crippen molar-refractivity contribution in [3.63, 3.8) is 0 Å². The number of nitrogens with zero attached hydrogens (tertiary/aromatic N) is 2. The highest BCUT2D eigenvalue weighted by atomic mass is 35.5. The van der Waals surface area contributed by atoms with E-state index in [9.17, 15) is 13.2 Å². The first kappa shape index (κ1) is 18.2. The summed E-state index contributed by atoms with van der Waals surface area (Å²) < 4.78 is 29.6. The van der Waals surface area contributed by atoms with E-state index >= 15 is 0 Å². The van der Waals surface area contributed by atoms with Gasteiger partial charge in [-0.3, -0.25) is 4.79 Å². The summed E-state index contributed by atoms with van der Waals surface area (Å²) in [4.78, 5) is 14.0. The van der Waals surface area contributed by atoms with Crippen LogP contribution in [0.15, 0.2) is 24.3 Å². The molecular formula is C15H21ClN2O4S. The summed E-state index contributed by atoms with van der Waals surface area (Å²) in [6, 6.07) is 7.36. The molecule has 1 aromatic rings. The monoisotopic (exact) mass is 360 g/mol. The van der Waals surface area contributed by atoms with Crippen molar-refractivity contribution < 1.29 is 17.9 Å². The number of amides is 1. The van der Waals surface area contributed by atoms with Gasteiger partial charge in [0, 0.05) is 31.6 Å². The Hall–Kier alpha value is -1.15. The molecule has 0 bridgehead atoms. The van der Waals surface area contributed by atoms with Gasteiger partial charge in [0.25, 0.3) is 0 Å². The Morgan fingerprint density at radius 2 is 2.04 bits per heavy atom. The molecule has 1 amide bonds. The summed E-state index contributed by atoms with van der Waals surface area (Å²) in [6.07, 6.45) is 1.11. The molecule has 1 heterocycles. The summed E-state index contributed by atoms with van der Waals surface area (Å²) in [6.45, 7) is 1.62. The van der Waals surface area contributed by atoms with Gasteiger partial charge < -0.3 is 9.64 Å². The van der Waals surface area contributed by atoms with Crippen LogP contribution < -0.4 is 0 Å². The van der Waals surface area contributed by atoms with Crippen LogP contribution in [0.2, 0.25) is 5.02 Å². The Morgan fingerprint density at radius 3 is 2.65 bits per heavy atom. The lowest BCUT2D eigenvalue weighted by molar-refractivity contribution is -0.139. The minimum Gasteiger partial charge on any atom is -0.370 e. The first-order valence-corrected chi connectivity index (χ1v) is 9.56. The third kappa shape index (κ3) is 5.17. The fourth-order valence-corrected chi connectivity index (χ4v) is 2.88. The van der Waals surface area contributed by atoms with Gasteiger partial charge in [-0.05, 0) is 17.7 Å². The third-order valence-corrected chi connectivity index (χ3v) is 5.43. The van der Waals surface area contributed by atoms with Crippen molar-refractivity contribution in [3.05, 3.63) is 34.9 Å². The lowest BCUT2D eigenvalue weighted by Gasteiger charge is -2.33. The molecule has 1 aromatic carbocycles. The van der Waals surface area contributed by atoms with Gasteiger partial charge in [0.1, 0.15) is 6.10 Å². The van der Waals surface area contributed by atoms with E-state index in [4.69, 9.17) is 16.3 Å². The van der Waals surface area contributed by atoms with E-state index < -0.39 is 10.0 Å². The van der Waals surface area contributed by atoms with E-state index in [2.05, 4.69) is 0 Å². The number of carbonyl (C=O) groups excluding carboxylic acids is 1. The zero-order valence-electron chi connectivity index (χ0n) is 13.2. The average molecular weight is 361 g/mol. The summed E-state index contributed by atoms with van der Waals surface area (Å²) in [5.41, 5.74) is 0.972. The standard InChI is InChI=1S/C15H21ClN2O4S/c1-17(23(2,20)21)8-7-15(19)18-9-10-22-14(11-18)12-3-5-13(16)6-4-12/h3-6,14H,7-11H2,1-2H3/t14-/m1/s1. The smallest absolute Gasteiger partial charge is 0.224 e. The maximum atomic E-state index is 12.3. The van der Waals surface area contributed by atoms with E-state index in [1.807, 2.05) is 12.1 Å². The van der Waals surface area contributed by atoms with E-state index in [-0.39, 0.29) is 25.0 Å². The molecule has 0 radical (unpaired) electrons. The Labute approximate surface area is 142 Å². The van der Waals surface area contributed by atoms with E-state index in [1.165, 1.54) is 11.4 Å². The molecule has 128 valence electrons. The van der Waals surface area contributed by atoms with Crippen molar-refractivity contribution in [2.45, 2.75) is 12.5 Å². The van der Waals surface area contributed by atoms with E-state index in [0.717, 1.165) is 11.8 Å². The quantitative estimate of drug-likeness (QED) is 0.798. The number of hydrogen-bond donors (Lipinski definition) is 0. The van der Waals surface area contributed by atoms with Crippen molar-refractivity contribution in [1.29, 1.82) is 0 Å². The van der Waals surface area contributed by atoms with Crippen LogP contribution in [0.3, 0.4) is 0 Å². The highest BCUT2D eigenvalue weighted by Gasteiger charge is 2.25. The lowest BCUT2D eigenvalue weighted by Crippen LogP contribution is -2.43. The Morgan fingerprint density at radius 1 is 1.39 bits per heavy atom. The van der Waals surface area contributed by atoms with Crippen molar-refractivity contribution in [3.8, 4) is 0 Å². The number of halogens is 1. The van der Waals surface area contributed by atoms with Crippen LogP contribution in [-0.4, -0.2) is 63.1 Å². The molecule has 23 heavy (non-hydrogen) atoms. The lowest BCUT2D eigenvalue weighted by atomic mass is 10.1. The fourth-order valence-electron chi connectivity index (χ4n) is 2.33. The van der Waals surface area contributed by atoms with Crippen molar-refractivity contribution in [2.75, 3.05) is 39.5 Å². The topological polar surface area (TPSA) is 66.9 Å². The molecule has 0 N–H and O–H groups in total. The van der Waals surface area contributed by atoms with E-state index in [0.29, 0.717) is 24.7 Å². The normalized spacial score (nSPS) is 19.1. The molecule has 0 aliphatic carbocycles. The largest absolute Gasteiger partial charge is 0.370 e. The maximum absolute atomic E-state index is 12.3. The molecule has 1 aliphatic rings. The van der Waals surface area contributed by atoms with Crippen LogP contribution in [0, 0.1) is 0 Å². The fraction of sp³-hybridized carbons (Fsp3) is 0.533. The summed E-state index contributed by atoms with van der Waals surface area (Å²) in [5, 5.41) is 0.654. The maximum Gasteiger partial charge on any atom is 0.224 e. The van der Waals surface area contributed by atoms with Crippen molar-refractivity contribution in [1.82, 2.24) is 9.21 Å². The number of rotatable bonds is 5. The van der Waals surface area contributed by atoms with Crippen LogP contribution in [0.25, 0.3) is 0 Å².